The van der Waals surface area contributed by atoms with Crippen molar-refractivity contribution in [3.63, 3.8) is 0 Å². The van der Waals surface area contributed by atoms with Crippen molar-refractivity contribution in [3.05, 3.63) is 34.0 Å². The Balaban J connectivity index is 1.95. The molecule has 0 aromatic carbocycles. The Morgan fingerprint density at radius 3 is 2.84 bits per heavy atom. The van der Waals surface area contributed by atoms with Gasteiger partial charge in [-0.05, 0) is 18.4 Å². The molecular formula is C13H16N2O4. The number of fused-ring (bicyclic) bond motifs is 1. The number of nitrogens with one attached hydrogen (secondary N) is 1. The van der Waals surface area contributed by atoms with Crippen molar-refractivity contribution in [2.75, 3.05) is 6.61 Å². The minimum absolute atomic E-state index is 0.155. The Morgan fingerprint density at radius 2 is 2.16 bits per heavy atom. The first-order chi connectivity index (χ1) is 9.13. The molecule has 1 heterocycles. The fraction of sp³-hybridized carbons (Fsp3) is 0.538. The van der Waals surface area contributed by atoms with Crippen LogP contribution in [-0.2, 0) is 6.42 Å². The molecule has 19 heavy (non-hydrogen) atoms. The van der Waals surface area contributed by atoms with E-state index < -0.39 is 12.2 Å². The maximum atomic E-state index is 11.7. The quantitative estimate of drug-likeness (QED) is 0.551. The number of aromatic amines is 1. The standard InChI is InChI=1S/C13H16N2O4/c16-4-6-3-9(12(18)11(6)17)7-1-2-8-10(7)14-5-15-13(8)19/h1,5-6,9,11-12,16-18H,2-4H2,(H,14,15,19)/t6-,9+,11+,12?/m1/s1. The second-order valence-corrected chi connectivity index (χ2v) is 5.19. The summed E-state index contributed by atoms with van der Waals surface area (Å²) in [6.07, 6.45) is 2.38. The van der Waals surface area contributed by atoms with Crippen molar-refractivity contribution in [1.82, 2.24) is 9.97 Å². The molecule has 102 valence electrons. The van der Waals surface area contributed by atoms with E-state index in [9.17, 15) is 20.1 Å². The van der Waals surface area contributed by atoms with Crippen LogP contribution in [0.2, 0.25) is 0 Å². The number of hydrogen-bond donors (Lipinski definition) is 4. The summed E-state index contributed by atoms with van der Waals surface area (Å²) in [4.78, 5) is 18.4. The molecule has 0 radical (unpaired) electrons. The molecule has 3 rings (SSSR count). The van der Waals surface area contributed by atoms with Crippen molar-refractivity contribution in [3.8, 4) is 0 Å². The summed E-state index contributed by atoms with van der Waals surface area (Å²) < 4.78 is 0. The zero-order chi connectivity index (χ0) is 13.6. The molecule has 1 aromatic heterocycles. The molecule has 6 heteroatoms. The molecule has 1 saturated carbocycles. The highest BCUT2D eigenvalue weighted by Crippen LogP contribution is 2.42. The van der Waals surface area contributed by atoms with Gasteiger partial charge in [-0.25, -0.2) is 4.98 Å². The fourth-order valence-electron chi connectivity index (χ4n) is 3.12. The molecular weight excluding hydrogens is 248 g/mol. The summed E-state index contributed by atoms with van der Waals surface area (Å²) in [5, 5.41) is 29.2. The van der Waals surface area contributed by atoms with Crippen LogP contribution < -0.4 is 5.56 Å². The van der Waals surface area contributed by atoms with Crippen molar-refractivity contribution in [1.29, 1.82) is 0 Å². The lowest BCUT2D eigenvalue weighted by molar-refractivity contribution is 0.000273. The van der Waals surface area contributed by atoms with E-state index in [-0.39, 0.29) is 24.0 Å². The highest BCUT2D eigenvalue weighted by molar-refractivity contribution is 5.72. The molecule has 0 spiro atoms. The van der Waals surface area contributed by atoms with Gasteiger partial charge in [0.1, 0.15) is 0 Å². The van der Waals surface area contributed by atoms with E-state index in [2.05, 4.69) is 9.97 Å². The van der Waals surface area contributed by atoms with E-state index in [0.717, 1.165) is 5.57 Å². The Morgan fingerprint density at radius 1 is 1.37 bits per heavy atom. The minimum Gasteiger partial charge on any atom is -0.396 e. The highest BCUT2D eigenvalue weighted by atomic mass is 16.3. The highest BCUT2D eigenvalue weighted by Gasteiger charge is 2.44. The van der Waals surface area contributed by atoms with Gasteiger partial charge in [-0.3, -0.25) is 4.79 Å². The molecule has 1 fully saturated rings. The van der Waals surface area contributed by atoms with Gasteiger partial charge in [0.05, 0.1) is 24.2 Å². The zero-order valence-electron chi connectivity index (χ0n) is 10.3. The van der Waals surface area contributed by atoms with Gasteiger partial charge in [0.25, 0.3) is 5.56 Å². The van der Waals surface area contributed by atoms with E-state index in [1.807, 2.05) is 6.08 Å². The monoisotopic (exact) mass is 264 g/mol. The number of aliphatic hydroxyl groups is 3. The zero-order valence-corrected chi connectivity index (χ0v) is 10.3. The number of allylic oxidation sites excluding steroid dienone is 1. The van der Waals surface area contributed by atoms with Crippen LogP contribution in [-0.4, -0.2) is 44.1 Å². The summed E-state index contributed by atoms with van der Waals surface area (Å²) in [6.45, 7) is -0.155. The number of nitrogens with zero attached hydrogens (tertiary/aromatic N) is 1. The molecule has 0 saturated heterocycles. The first kappa shape index (κ1) is 12.5. The summed E-state index contributed by atoms with van der Waals surface area (Å²) in [5.41, 5.74) is 1.86. The van der Waals surface area contributed by atoms with Crippen LogP contribution in [0.4, 0.5) is 0 Å². The normalized spacial score (nSPS) is 33.3. The fourth-order valence-corrected chi connectivity index (χ4v) is 3.12. The molecule has 4 atom stereocenters. The van der Waals surface area contributed by atoms with Crippen molar-refractivity contribution in [2.24, 2.45) is 11.8 Å². The summed E-state index contributed by atoms with van der Waals surface area (Å²) >= 11 is 0. The van der Waals surface area contributed by atoms with E-state index in [1.54, 1.807) is 0 Å². The van der Waals surface area contributed by atoms with Gasteiger partial charge in [-0.2, -0.15) is 0 Å². The Kier molecular flexibility index (Phi) is 3.00. The third-order valence-electron chi connectivity index (χ3n) is 4.18. The SMILES string of the molecule is O=c1[nH]cnc2c1CC=C2[C@@H]1C[C@H](CO)[C@H](O)C1O. The molecule has 4 N–H and O–H groups in total. The topological polar surface area (TPSA) is 106 Å². The second kappa shape index (κ2) is 4.56. The van der Waals surface area contributed by atoms with Crippen LogP contribution in [0.25, 0.3) is 5.57 Å². The van der Waals surface area contributed by atoms with Crippen LogP contribution >= 0.6 is 0 Å². The summed E-state index contributed by atoms with van der Waals surface area (Å²) in [5.74, 6) is -0.602. The molecule has 0 amide bonds. The number of aliphatic hydroxyl groups excluding tert-OH is 3. The second-order valence-electron chi connectivity index (χ2n) is 5.19. The number of aromatic nitrogens is 2. The molecule has 1 aromatic rings. The Bertz CT molecular complexity index is 580. The van der Waals surface area contributed by atoms with E-state index >= 15 is 0 Å². The molecule has 2 aliphatic rings. The van der Waals surface area contributed by atoms with Gasteiger partial charge in [-0.15, -0.1) is 0 Å². The minimum atomic E-state index is -0.929. The van der Waals surface area contributed by atoms with E-state index in [1.165, 1.54) is 6.33 Å². The molecule has 0 aliphatic heterocycles. The summed E-state index contributed by atoms with van der Waals surface area (Å²) in [7, 11) is 0. The van der Waals surface area contributed by atoms with Gasteiger partial charge >= 0.3 is 0 Å². The molecule has 6 nitrogen and oxygen atoms in total. The molecule has 1 unspecified atom stereocenters. The van der Waals surface area contributed by atoms with E-state index in [0.29, 0.717) is 24.1 Å². The van der Waals surface area contributed by atoms with Crippen LogP contribution in [0, 0.1) is 11.8 Å². The lowest BCUT2D eigenvalue weighted by Gasteiger charge is -2.18. The van der Waals surface area contributed by atoms with Crippen molar-refractivity contribution >= 4 is 5.57 Å². The Hall–Kier alpha value is -1.50. The average molecular weight is 264 g/mol. The van der Waals surface area contributed by atoms with Gasteiger partial charge in [-0.1, -0.05) is 6.08 Å². The van der Waals surface area contributed by atoms with Gasteiger partial charge < -0.3 is 20.3 Å². The largest absolute Gasteiger partial charge is 0.396 e. The number of H-pyrrole nitrogens is 1. The number of hydrogen-bond acceptors (Lipinski definition) is 5. The predicted molar refractivity (Wildman–Crippen MR) is 67.2 cm³/mol. The van der Waals surface area contributed by atoms with Gasteiger partial charge in [0, 0.05) is 24.0 Å². The average Bonchev–Trinajstić information content (AvgIpc) is 2.94. The summed E-state index contributed by atoms with van der Waals surface area (Å²) in [6, 6.07) is 0. The Labute approximate surface area is 109 Å². The first-order valence-electron chi connectivity index (χ1n) is 6.37. The first-order valence-corrected chi connectivity index (χ1v) is 6.37. The maximum Gasteiger partial charge on any atom is 0.254 e. The third-order valence-corrected chi connectivity index (χ3v) is 4.18. The lowest BCUT2D eigenvalue weighted by atomic mass is 9.93. The van der Waals surface area contributed by atoms with Crippen LogP contribution in [0.1, 0.15) is 17.7 Å². The van der Waals surface area contributed by atoms with Crippen LogP contribution in [0.5, 0.6) is 0 Å². The van der Waals surface area contributed by atoms with Gasteiger partial charge in [0.15, 0.2) is 0 Å². The number of rotatable bonds is 2. The van der Waals surface area contributed by atoms with Crippen LogP contribution in [0.15, 0.2) is 17.2 Å². The van der Waals surface area contributed by atoms with E-state index in [4.69, 9.17) is 0 Å². The van der Waals surface area contributed by atoms with Gasteiger partial charge in [0.2, 0.25) is 0 Å². The third kappa shape index (κ3) is 1.83. The van der Waals surface area contributed by atoms with Crippen LogP contribution in [0.3, 0.4) is 0 Å². The maximum absolute atomic E-state index is 11.7. The van der Waals surface area contributed by atoms with Crippen molar-refractivity contribution in [2.45, 2.75) is 25.0 Å². The molecule has 2 aliphatic carbocycles. The lowest BCUT2D eigenvalue weighted by Crippen LogP contribution is -2.29. The molecule has 0 bridgehead atoms. The smallest absolute Gasteiger partial charge is 0.254 e. The predicted octanol–water partition coefficient (Wildman–Crippen LogP) is -0.940. The van der Waals surface area contributed by atoms with Crippen molar-refractivity contribution < 1.29 is 15.3 Å².